The van der Waals surface area contributed by atoms with Gasteiger partial charge in [0.25, 0.3) is 0 Å². The summed E-state index contributed by atoms with van der Waals surface area (Å²) in [6.07, 6.45) is 1.33. The summed E-state index contributed by atoms with van der Waals surface area (Å²) < 4.78 is 10.8. The Morgan fingerprint density at radius 2 is 1.70 bits per heavy atom. The van der Waals surface area contributed by atoms with E-state index in [-0.39, 0.29) is 23.7 Å². The van der Waals surface area contributed by atoms with Crippen LogP contribution in [0.25, 0.3) is 0 Å². The molecule has 0 heterocycles. The Morgan fingerprint density at radius 3 is 2.48 bits per heavy atom. The lowest BCUT2D eigenvalue weighted by atomic mass is 10.2. The molecule has 142 valence electrons. The minimum Gasteiger partial charge on any atom is -0.455 e. The van der Waals surface area contributed by atoms with E-state index in [9.17, 15) is 9.59 Å². The van der Waals surface area contributed by atoms with Crippen molar-refractivity contribution in [1.29, 1.82) is 0 Å². The van der Waals surface area contributed by atoms with Gasteiger partial charge in [-0.15, -0.1) is 0 Å². The molecule has 27 heavy (non-hydrogen) atoms. The first kappa shape index (κ1) is 18.9. The van der Waals surface area contributed by atoms with Crippen molar-refractivity contribution in [2.75, 3.05) is 25.6 Å². The van der Waals surface area contributed by atoms with Crippen LogP contribution in [-0.2, 0) is 14.3 Å². The number of amides is 2. The zero-order valence-corrected chi connectivity index (χ0v) is 15.3. The maximum Gasteiger partial charge on any atom is 0.228 e. The first-order valence-electron chi connectivity index (χ1n) is 9.08. The fraction of sp³-hybridized carbons (Fsp3) is 0.333. The zero-order chi connectivity index (χ0) is 19.1. The second-order valence-corrected chi connectivity index (χ2v) is 6.49. The van der Waals surface area contributed by atoms with E-state index >= 15 is 0 Å². The quantitative estimate of drug-likeness (QED) is 0.667. The number of hydrogen-bond acceptors (Lipinski definition) is 4. The van der Waals surface area contributed by atoms with Crippen LogP contribution in [0.4, 0.5) is 5.69 Å². The molecule has 2 aromatic carbocycles. The summed E-state index contributed by atoms with van der Waals surface area (Å²) in [5, 5.41) is 5.74. The molecule has 1 aliphatic carbocycles. The highest BCUT2D eigenvalue weighted by Crippen LogP contribution is 2.40. The van der Waals surface area contributed by atoms with Crippen molar-refractivity contribution in [1.82, 2.24) is 5.32 Å². The van der Waals surface area contributed by atoms with E-state index in [1.165, 1.54) is 0 Å². The second-order valence-electron chi connectivity index (χ2n) is 6.49. The molecule has 1 saturated carbocycles. The number of carbonyl (C=O) groups excluding carboxylic acids is 2. The van der Waals surface area contributed by atoms with Crippen LogP contribution in [0.5, 0.6) is 11.5 Å². The average Bonchev–Trinajstić information content (AvgIpc) is 3.49. The molecule has 6 heteroatoms. The largest absolute Gasteiger partial charge is 0.455 e. The van der Waals surface area contributed by atoms with Gasteiger partial charge in [0.15, 0.2) is 5.75 Å². The van der Waals surface area contributed by atoms with Crippen LogP contribution in [0, 0.1) is 11.8 Å². The summed E-state index contributed by atoms with van der Waals surface area (Å²) in [6, 6.07) is 16.7. The third kappa shape index (κ3) is 5.31. The Balaban J connectivity index is 1.54. The second kappa shape index (κ2) is 9.19. The maximum atomic E-state index is 12.5. The molecule has 0 aromatic heterocycles. The van der Waals surface area contributed by atoms with Crippen LogP contribution in [0.1, 0.15) is 12.8 Å². The molecule has 0 bridgehead atoms. The van der Waals surface area contributed by atoms with E-state index in [0.29, 0.717) is 36.8 Å². The standard InChI is InChI=1S/C21H24N2O4/c1-26-13-7-12-22-20(24)16-14-17(16)21(25)23-18-10-5-6-11-19(18)27-15-8-3-2-4-9-15/h2-6,8-11,16-17H,7,12-14H2,1H3,(H,22,24)(H,23,25). The predicted octanol–water partition coefficient (Wildman–Crippen LogP) is 3.21. The van der Waals surface area contributed by atoms with Crippen molar-refractivity contribution < 1.29 is 19.1 Å². The molecule has 2 N–H and O–H groups in total. The maximum absolute atomic E-state index is 12.5. The Kier molecular flexibility index (Phi) is 6.44. The van der Waals surface area contributed by atoms with Crippen LogP contribution < -0.4 is 15.4 Å². The smallest absolute Gasteiger partial charge is 0.228 e. The van der Waals surface area contributed by atoms with E-state index < -0.39 is 0 Å². The average molecular weight is 368 g/mol. The molecule has 0 saturated heterocycles. The van der Waals surface area contributed by atoms with Gasteiger partial charge in [0.2, 0.25) is 11.8 Å². The number of rotatable bonds is 9. The third-order valence-electron chi connectivity index (χ3n) is 4.40. The number of carbonyl (C=O) groups is 2. The molecule has 0 aliphatic heterocycles. The van der Waals surface area contributed by atoms with Gasteiger partial charge in [0, 0.05) is 20.3 Å². The summed E-state index contributed by atoms with van der Waals surface area (Å²) in [5.74, 6) is 0.486. The van der Waals surface area contributed by atoms with Crippen molar-refractivity contribution >= 4 is 17.5 Å². The highest BCUT2D eigenvalue weighted by atomic mass is 16.5. The Labute approximate surface area is 158 Å². The first-order chi connectivity index (χ1) is 13.2. The molecule has 0 spiro atoms. The van der Waals surface area contributed by atoms with Gasteiger partial charge < -0.3 is 20.1 Å². The Morgan fingerprint density at radius 1 is 1.00 bits per heavy atom. The number of benzene rings is 2. The number of anilines is 1. The van der Waals surface area contributed by atoms with Crippen molar-refractivity contribution in [3.05, 3.63) is 54.6 Å². The van der Waals surface area contributed by atoms with Crippen LogP contribution in [0.3, 0.4) is 0 Å². The molecule has 2 aromatic rings. The highest BCUT2D eigenvalue weighted by Gasteiger charge is 2.48. The SMILES string of the molecule is COCCCNC(=O)C1CC1C(=O)Nc1ccccc1Oc1ccccc1. The van der Waals surface area contributed by atoms with E-state index in [1.807, 2.05) is 42.5 Å². The summed E-state index contributed by atoms with van der Waals surface area (Å²) in [4.78, 5) is 24.6. The molecule has 3 rings (SSSR count). The minimum atomic E-state index is -0.294. The van der Waals surface area contributed by atoms with Crippen LogP contribution in [-0.4, -0.2) is 32.1 Å². The van der Waals surface area contributed by atoms with E-state index in [2.05, 4.69) is 10.6 Å². The number of nitrogens with one attached hydrogen (secondary N) is 2. The number of hydrogen-bond donors (Lipinski definition) is 2. The minimum absolute atomic E-state index is 0.0694. The molecule has 0 radical (unpaired) electrons. The third-order valence-corrected chi connectivity index (χ3v) is 4.40. The topological polar surface area (TPSA) is 76.7 Å². The zero-order valence-electron chi connectivity index (χ0n) is 15.3. The molecule has 1 fully saturated rings. The summed E-state index contributed by atoms with van der Waals surface area (Å²) in [6.45, 7) is 1.17. The molecule has 2 atom stereocenters. The highest BCUT2D eigenvalue weighted by molar-refractivity contribution is 6.00. The van der Waals surface area contributed by atoms with Gasteiger partial charge in [-0.05, 0) is 37.1 Å². The van der Waals surface area contributed by atoms with Gasteiger partial charge in [-0.25, -0.2) is 0 Å². The van der Waals surface area contributed by atoms with Gasteiger partial charge in [0.05, 0.1) is 17.5 Å². The molecule has 1 aliphatic rings. The molecule has 2 unspecified atom stereocenters. The van der Waals surface area contributed by atoms with Crippen molar-refractivity contribution in [3.63, 3.8) is 0 Å². The fourth-order valence-corrected chi connectivity index (χ4v) is 2.83. The van der Waals surface area contributed by atoms with Crippen LogP contribution in [0.2, 0.25) is 0 Å². The number of para-hydroxylation sites is 3. The van der Waals surface area contributed by atoms with E-state index in [1.54, 1.807) is 19.2 Å². The van der Waals surface area contributed by atoms with E-state index in [0.717, 1.165) is 6.42 Å². The lowest BCUT2D eigenvalue weighted by molar-refractivity contribution is -0.125. The predicted molar refractivity (Wildman–Crippen MR) is 103 cm³/mol. The van der Waals surface area contributed by atoms with Crippen LogP contribution in [0.15, 0.2) is 54.6 Å². The Hall–Kier alpha value is -2.86. The van der Waals surface area contributed by atoms with Gasteiger partial charge >= 0.3 is 0 Å². The fourth-order valence-electron chi connectivity index (χ4n) is 2.83. The van der Waals surface area contributed by atoms with Gasteiger partial charge in [-0.2, -0.15) is 0 Å². The Bertz CT molecular complexity index is 779. The first-order valence-corrected chi connectivity index (χ1v) is 9.08. The summed E-state index contributed by atoms with van der Waals surface area (Å²) in [7, 11) is 1.63. The molecular weight excluding hydrogens is 344 g/mol. The van der Waals surface area contributed by atoms with Gasteiger partial charge in [0.1, 0.15) is 5.75 Å². The van der Waals surface area contributed by atoms with Crippen molar-refractivity contribution in [3.8, 4) is 11.5 Å². The lowest BCUT2D eigenvalue weighted by Gasteiger charge is -2.12. The molecule has 2 amide bonds. The van der Waals surface area contributed by atoms with Crippen molar-refractivity contribution in [2.45, 2.75) is 12.8 Å². The number of ether oxygens (including phenoxy) is 2. The van der Waals surface area contributed by atoms with Crippen molar-refractivity contribution in [2.24, 2.45) is 11.8 Å². The number of methoxy groups -OCH3 is 1. The van der Waals surface area contributed by atoms with Gasteiger partial charge in [-0.3, -0.25) is 9.59 Å². The van der Waals surface area contributed by atoms with E-state index in [4.69, 9.17) is 9.47 Å². The summed E-state index contributed by atoms with van der Waals surface area (Å²) >= 11 is 0. The summed E-state index contributed by atoms with van der Waals surface area (Å²) in [5.41, 5.74) is 0.595. The molecule has 6 nitrogen and oxygen atoms in total. The lowest BCUT2D eigenvalue weighted by Crippen LogP contribution is -2.28. The van der Waals surface area contributed by atoms with Crippen LogP contribution >= 0.6 is 0 Å². The normalized spacial score (nSPS) is 17.8. The monoisotopic (exact) mass is 368 g/mol. The van der Waals surface area contributed by atoms with Gasteiger partial charge in [-0.1, -0.05) is 30.3 Å². The molecular formula is C21H24N2O4.